The number of unbranched alkanes of at least 4 members (excludes halogenated alkanes) is 9. The number of allylic oxidation sites excluding steroid dienone is 4. The van der Waals surface area contributed by atoms with E-state index in [1.54, 1.807) is 45.9 Å². The smallest absolute Gasteiger partial charge is 0.459 e. The van der Waals surface area contributed by atoms with Crippen LogP contribution < -0.4 is 15.3 Å². The Morgan fingerprint density at radius 3 is 2.12 bits per heavy atom. The molecule has 17 heteroatoms. The maximum absolute atomic E-state index is 14.9. The molecule has 0 bridgehead atoms. The summed E-state index contributed by atoms with van der Waals surface area (Å²) in [5.74, 6) is -3.11. The van der Waals surface area contributed by atoms with E-state index in [0.29, 0.717) is 11.9 Å². The van der Waals surface area contributed by atoms with E-state index < -0.39 is 74.1 Å². The normalized spacial score (nSPS) is 19.9. The Morgan fingerprint density at radius 2 is 1.50 bits per heavy atom. The number of nitrogens with zero attached hydrogens (tertiary/aromatic N) is 4. The number of nitrogens with two attached hydrogens (primary N) is 1. The molecule has 0 spiro atoms. The number of nitrogens with one attached hydrogen (secondary N) is 1. The van der Waals surface area contributed by atoms with Crippen molar-refractivity contribution < 1.29 is 46.9 Å². The molecule has 1 aliphatic heterocycles. The van der Waals surface area contributed by atoms with E-state index in [1.807, 2.05) is 12.1 Å². The molecule has 1 fully saturated rings. The van der Waals surface area contributed by atoms with Crippen LogP contribution in [0.5, 0.6) is 5.75 Å². The summed E-state index contributed by atoms with van der Waals surface area (Å²) in [5.41, 5.74) is 5.19. The topological polar surface area (TPSA) is 216 Å². The summed E-state index contributed by atoms with van der Waals surface area (Å²) < 4.78 is 52.4. The number of carbonyl (C=O) groups is 3. The Kier molecular flexibility index (Phi) is 21.7. The molecule has 3 aromatic rings. The molecule has 1 unspecified atom stereocenters. The monoisotopic (exact) mass is 963 g/mol. The highest BCUT2D eigenvalue weighted by Crippen LogP contribution is 2.49. The first kappa shape index (κ1) is 55.5. The second-order valence-electron chi connectivity index (χ2n) is 19.0. The Bertz CT molecular complexity index is 2230. The van der Waals surface area contributed by atoms with Crippen LogP contribution in [-0.4, -0.2) is 70.1 Å². The number of nitriles is 1. The van der Waals surface area contributed by atoms with Gasteiger partial charge in [0.25, 0.3) is 0 Å². The van der Waals surface area contributed by atoms with Gasteiger partial charge in [-0.15, -0.1) is 0 Å². The van der Waals surface area contributed by atoms with Crippen LogP contribution in [0, 0.1) is 23.2 Å². The molecule has 4 rings (SSSR count). The lowest BCUT2D eigenvalue weighted by atomic mass is 9.87. The maximum Gasteiger partial charge on any atom is 0.459 e. The predicted molar refractivity (Wildman–Crippen MR) is 261 cm³/mol. The summed E-state index contributed by atoms with van der Waals surface area (Å²) in [5, 5.41) is 18.0. The number of ether oxygens (including phenoxy) is 4. The molecule has 0 radical (unpaired) electrons. The van der Waals surface area contributed by atoms with Crippen LogP contribution in [0.25, 0.3) is 5.52 Å². The molecule has 0 saturated carbocycles. The van der Waals surface area contributed by atoms with Crippen LogP contribution >= 0.6 is 7.75 Å². The number of hydrogen-bond donors (Lipinski definition) is 2. The number of nitrogen functional groups attached to an aromatic ring is 1. The first-order valence-electron chi connectivity index (χ1n) is 24.2. The minimum absolute atomic E-state index is 0.0893. The molecule has 16 nitrogen and oxygen atoms in total. The number of anilines is 1. The standard InChI is InChI=1S/C51H75N6O10P/c1-10-11-12-13-14-15-16-17-18-19-20-21-22-23-24-25-32-62-49(60)38(6)56-68(61,67-40-28-26-39(27-29-40)50(7,8)9)63-33-42-44(64-47(58)36(2)3)45(65-48(59)37(4)5)51(34-52,66-42)43-31-30-41-46(53)54-35-55-57(41)43/h14-15,17-18,26-31,35-38,42,44-45H,10-13,16,19-25,32-33H2,1-9H3,(H,56,61)(H2,53,54,55)/b15-14-,18-17-/t38-,42+,44+,45+,51-,68?/m0/s1. The fourth-order valence-electron chi connectivity index (χ4n) is 7.43. The van der Waals surface area contributed by atoms with E-state index >= 15 is 0 Å². The first-order chi connectivity index (χ1) is 32.4. The number of esters is 3. The van der Waals surface area contributed by atoms with Gasteiger partial charge in [0.2, 0.25) is 5.60 Å². The molecule has 0 aliphatic carbocycles. The van der Waals surface area contributed by atoms with Gasteiger partial charge < -0.3 is 29.2 Å². The molecule has 3 N–H and O–H groups in total. The molecule has 0 amide bonds. The molecule has 1 aromatic carbocycles. The van der Waals surface area contributed by atoms with Crippen LogP contribution in [0.2, 0.25) is 0 Å². The molecule has 2 aromatic heterocycles. The summed E-state index contributed by atoms with van der Waals surface area (Å²) in [6.45, 7) is 15.8. The molecule has 68 heavy (non-hydrogen) atoms. The Morgan fingerprint density at radius 1 is 0.882 bits per heavy atom. The zero-order chi connectivity index (χ0) is 49.9. The van der Waals surface area contributed by atoms with Crippen molar-refractivity contribution in [3.05, 3.63) is 78.3 Å². The SMILES string of the molecule is CCCCC/C=C\C/C=C\CCCCCCCCOC(=O)[C@H](C)NP(=O)(OC[C@H]1O[C@@](C#N)(c2ccc3c(N)ncnn23)[C@H](OC(=O)C(C)C)[C@@H]1OC(=O)C(C)C)Oc1ccc(C(C)(C)C)cc1. The third kappa shape index (κ3) is 16.0. The van der Waals surface area contributed by atoms with Gasteiger partial charge in [-0.2, -0.15) is 15.4 Å². The fourth-order valence-corrected chi connectivity index (χ4v) is 8.93. The summed E-state index contributed by atoms with van der Waals surface area (Å²) in [6.07, 6.45) is 18.7. The number of carbonyl (C=O) groups excluding carboxylic acids is 3. The molecular weight excluding hydrogens is 888 g/mol. The summed E-state index contributed by atoms with van der Waals surface area (Å²) >= 11 is 0. The summed E-state index contributed by atoms with van der Waals surface area (Å²) in [4.78, 5) is 44.1. The molecule has 1 aliphatic rings. The lowest BCUT2D eigenvalue weighted by Crippen LogP contribution is -2.47. The number of rotatable bonds is 28. The Hall–Kier alpha value is -5.07. The van der Waals surface area contributed by atoms with Crippen molar-refractivity contribution in [1.82, 2.24) is 19.7 Å². The first-order valence-corrected chi connectivity index (χ1v) is 25.8. The lowest BCUT2D eigenvalue weighted by molar-refractivity contribution is -0.173. The van der Waals surface area contributed by atoms with Crippen LogP contribution in [-0.2, 0) is 53.4 Å². The average Bonchev–Trinajstić information content (AvgIpc) is 3.86. The van der Waals surface area contributed by atoms with Gasteiger partial charge in [-0.05, 0) is 80.7 Å². The van der Waals surface area contributed by atoms with Gasteiger partial charge in [0.15, 0.2) is 18.0 Å². The summed E-state index contributed by atoms with van der Waals surface area (Å²) in [7, 11) is -4.55. The van der Waals surface area contributed by atoms with Crippen molar-refractivity contribution in [3.8, 4) is 11.8 Å². The van der Waals surface area contributed by atoms with Gasteiger partial charge in [0.1, 0.15) is 35.8 Å². The number of hydrogen-bond acceptors (Lipinski definition) is 14. The van der Waals surface area contributed by atoms with Crippen LogP contribution in [0.15, 0.2) is 67.0 Å². The average molecular weight is 963 g/mol. The van der Waals surface area contributed by atoms with E-state index in [-0.39, 0.29) is 29.3 Å². The van der Waals surface area contributed by atoms with Gasteiger partial charge in [-0.3, -0.25) is 18.9 Å². The van der Waals surface area contributed by atoms with Gasteiger partial charge in [0.05, 0.1) is 30.7 Å². The van der Waals surface area contributed by atoms with Crippen LogP contribution in [0.1, 0.15) is 151 Å². The van der Waals surface area contributed by atoms with Gasteiger partial charge in [0, 0.05) is 0 Å². The number of aromatic nitrogens is 3. The van der Waals surface area contributed by atoms with Crippen LogP contribution in [0.3, 0.4) is 0 Å². The summed E-state index contributed by atoms with van der Waals surface area (Å²) in [6, 6.07) is 11.0. The van der Waals surface area contributed by atoms with E-state index in [0.717, 1.165) is 56.9 Å². The quantitative estimate of drug-likeness (QED) is 0.0228. The number of fused-ring (bicyclic) bond motifs is 1. The Balaban J connectivity index is 1.48. The largest absolute Gasteiger partial charge is 0.465 e. The molecule has 6 atom stereocenters. The lowest BCUT2D eigenvalue weighted by Gasteiger charge is -2.29. The zero-order valence-corrected chi connectivity index (χ0v) is 42.5. The predicted octanol–water partition coefficient (Wildman–Crippen LogP) is 10.4. The molecule has 374 valence electrons. The third-order valence-electron chi connectivity index (χ3n) is 11.5. The maximum atomic E-state index is 14.9. The van der Waals surface area contributed by atoms with Gasteiger partial charge >= 0.3 is 25.7 Å². The van der Waals surface area contributed by atoms with E-state index in [1.165, 1.54) is 43.1 Å². The number of benzene rings is 1. The van der Waals surface area contributed by atoms with Crippen molar-refractivity contribution >= 4 is 37.0 Å². The van der Waals surface area contributed by atoms with Crippen molar-refractivity contribution in [2.45, 2.75) is 175 Å². The second-order valence-corrected chi connectivity index (χ2v) is 20.7. The Labute approximate surface area is 403 Å². The van der Waals surface area contributed by atoms with Gasteiger partial charge in [-0.25, -0.2) is 14.1 Å². The van der Waals surface area contributed by atoms with Gasteiger partial charge in [-0.1, -0.05) is 130 Å². The highest BCUT2D eigenvalue weighted by molar-refractivity contribution is 7.52. The van der Waals surface area contributed by atoms with E-state index in [9.17, 15) is 24.2 Å². The fraction of sp³-hybridized carbons (Fsp3) is 0.608. The van der Waals surface area contributed by atoms with Crippen molar-refractivity contribution in [1.29, 1.82) is 5.26 Å². The van der Waals surface area contributed by atoms with E-state index in [2.05, 4.69) is 73.2 Å². The zero-order valence-electron chi connectivity index (χ0n) is 41.6. The minimum atomic E-state index is -4.55. The molecule has 1 saturated heterocycles. The highest BCUT2D eigenvalue weighted by Gasteiger charge is 2.63. The van der Waals surface area contributed by atoms with Crippen molar-refractivity contribution in [2.24, 2.45) is 11.8 Å². The molecule has 3 heterocycles. The molecular formula is C51H75N6O10P. The second kappa shape index (κ2) is 26.6. The van der Waals surface area contributed by atoms with Crippen LogP contribution in [0.4, 0.5) is 5.82 Å². The minimum Gasteiger partial charge on any atom is -0.465 e. The van der Waals surface area contributed by atoms with Crippen molar-refractivity contribution in [3.63, 3.8) is 0 Å². The highest BCUT2D eigenvalue weighted by atomic mass is 31.2. The van der Waals surface area contributed by atoms with Crippen molar-refractivity contribution in [2.75, 3.05) is 18.9 Å². The van der Waals surface area contributed by atoms with E-state index in [4.69, 9.17) is 33.7 Å². The third-order valence-corrected chi connectivity index (χ3v) is 13.2.